The fourth-order valence-electron chi connectivity index (χ4n) is 3.14. The molecule has 1 saturated heterocycles. The van der Waals surface area contributed by atoms with E-state index in [1.807, 2.05) is 0 Å². The number of ether oxygens (including phenoxy) is 1. The van der Waals surface area contributed by atoms with Crippen LogP contribution in [0.1, 0.15) is 32.1 Å². The van der Waals surface area contributed by atoms with Crippen LogP contribution in [0.5, 0.6) is 0 Å². The Morgan fingerprint density at radius 3 is 2.80 bits per heavy atom. The van der Waals surface area contributed by atoms with Crippen molar-refractivity contribution >= 4 is 0 Å². The second kappa shape index (κ2) is 5.28. The van der Waals surface area contributed by atoms with Crippen molar-refractivity contribution in [3.63, 3.8) is 0 Å². The van der Waals surface area contributed by atoms with Crippen LogP contribution < -0.4 is 5.32 Å². The van der Waals surface area contributed by atoms with Gasteiger partial charge in [0.05, 0.1) is 6.61 Å². The Bertz CT molecular complexity index is 182. The van der Waals surface area contributed by atoms with Gasteiger partial charge in [-0.1, -0.05) is 19.3 Å². The van der Waals surface area contributed by atoms with E-state index in [9.17, 15) is 0 Å². The number of hydrogen-bond donors (Lipinski definition) is 1. The summed E-state index contributed by atoms with van der Waals surface area (Å²) >= 11 is 0. The summed E-state index contributed by atoms with van der Waals surface area (Å²) in [5, 5.41) is 3.57. The maximum atomic E-state index is 5.22. The van der Waals surface area contributed by atoms with Crippen LogP contribution in [0.4, 0.5) is 0 Å². The first-order valence-electron chi connectivity index (χ1n) is 6.32. The number of methoxy groups -OCH3 is 1. The second-order valence-corrected chi connectivity index (χ2v) is 4.94. The molecule has 0 bridgehead atoms. The van der Waals surface area contributed by atoms with Crippen molar-refractivity contribution in [3.8, 4) is 0 Å². The van der Waals surface area contributed by atoms with E-state index in [1.54, 1.807) is 7.11 Å². The highest BCUT2D eigenvalue weighted by Crippen LogP contribution is 2.34. The van der Waals surface area contributed by atoms with Crippen LogP contribution in [-0.2, 0) is 4.74 Å². The minimum Gasteiger partial charge on any atom is -0.383 e. The first-order chi connectivity index (χ1) is 7.37. The van der Waals surface area contributed by atoms with Crippen LogP contribution in [0.3, 0.4) is 0 Å². The van der Waals surface area contributed by atoms with E-state index in [1.165, 1.54) is 45.2 Å². The molecule has 2 rings (SSSR count). The van der Waals surface area contributed by atoms with Gasteiger partial charge < -0.3 is 10.1 Å². The summed E-state index contributed by atoms with van der Waals surface area (Å²) in [5.74, 6) is 0. The van der Waals surface area contributed by atoms with Crippen LogP contribution >= 0.6 is 0 Å². The van der Waals surface area contributed by atoms with Crippen LogP contribution in [0.25, 0.3) is 0 Å². The first-order valence-corrected chi connectivity index (χ1v) is 6.32. The van der Waals surface area contributed by atoms with E-state index >= 15 is 0 Å². The molecule has 3 heteroatoms. The van der Waals surface area contributed by atoms with Crippen LogP contribution in [-0.4, -0.2) is 50.3 Å². The third kappa shape index (κ3) is 2.52. The van der Waals surface area contributed by atoms with Crippen molar-refractivity contribution in [2.75, 3.05) is 39.9 Å². The molecule has 0 radical (unpaired) electrons. The van der Waals surface area contributed by atoms with Gasteiger partial charge in [0.25, 0.3) is 0 Å². The molecule has 1 spiro atoms. The standard InChI is InChI=1S/C12H24N2O/c1-15-10-9-14-8-7-13-11-12(14)5-3-2-4-6-12/h13H,2-11H2,1H3. The maximum Gasteiger partial charge on any atom is 0.0589 e. The lowest BCUT2D eigenvalue weighted by molar-refractivity contribution is 0.00964. The van der Waals surface area contributed by atoms with Crippen LogP contribution in [0.15, 0.2) is 0 Å². The fraction of sp³-hybridized carbons (Fsp3) is 1.00. The zero-order valence-electron chi connectivity index (χ0n) is 9.93. The minimum atomic E-state index is 0.467. The lowest BCUT2D eigenvalue weighted by Crippen LogP contribution is -2.62. The van der Waals surface area contributed by atoms with Gasteiger partial charge in [-0.25, -0.2) is 0 Å². The highest BCUT2D eigenvalue weighted by Gasteiger charge is 2.39. The minimum absolute atomic E-state index is 0.467. The summed E-state index contributed by atoms with van der Waals surface area (Å²) in [7, 11) is 1.80. The SMILES string of the molecule is COCCN1CCNCC12CCCCC2. The van der Waals surface area contributed by atoms with E-state index < -0.39 is 0 Å². The van der Waals surface area contributed by atoms with Crippen molar-refractivity contribution < 1.29 is 4.74 Å². The molecule has 2 aliphatic rings. The van der Waals surface area contributed by atoms with Crippen LogP contribution in [0, 0.1) is 0 Å². The monoisotopic (exact) mass is 212 g/mol. The number of rotatable bonds is 3. The predicted molar refractivity (Wildman–Crippen MR) is 62.1 cm³/mol. The molecule has 15 heavy (non-hydrogen) atoms. The molecule has 2 fully saturated rings. The van der Waals surface area contributed by atoms with Crippen LogP contribution in [0.2, 0.25) is 0 Å². The topological polar surface area (TPSA) is 24.5 Å². The first kappa shape index (κ1) is 11.4. The van der Waals surface area contributed by atoms with E-state index in [0.717, 1.165) is 19.7 Å². The normalized spacial score (nSPS) is 27.0. The quantitative estimate of drug-likeness (QED) is 0.762. The van der Waals surface area contributed by atoms with E-state index in [-0.39, 0.29) is 0 Å². The Morgan fingerprint density at radius 2 is 2.07 bits per heavy atom. The second-order valence-electron chi connectivity index (χ2n) is 4.94. The lowest BCUT2D eigenvalue weighted by atomic mass is 9.79. The summed E-state index contributed by atoms with van der Waals surface area (Å²) in [6, 6.07) is 0. The van der Waals surface area contributed by atoms with Gasteiger partial charge in [-0.15, -0.1) is 0 Å². The Labute approximate surface area is 93.2 Å². The van der Waals surface area contributed by atoms with Gasteiger partial charge in [0.15, 0.2) is 0 Å². The molecule has 0 aromatic heterocycles. The van der Waals surface area contributed by atoms with E-state index in [4.69, 9.17) is 4.74 Å². The molecule has 0 amide bonds. The molecule has 1 heterocycles. The molecule has 1 aliphatic carbocycles. The average molecular weight is 212 g/mol. The summed E-state index contributed by atoms with van der Waals surface area (Å²) in [5.41, 5.74) is 0.467. The van der Waals surface area contributed by atoms with Gasteiger partial charge in [0.1, 0.15) is 0 Å². The van der Waals surface area contributed by atoms with E-state index in [2.05, 4.69) is 10.2 Å². The number of hydrogen-bond acceptors (Lipinski definition) is 3. The summed E-state index contributed by atoms with van der Waals surface area (Å²) < 4.78 is 5.22. The molecule has 88 valence electrons. The van der Waals surface area contributed by atoms with Crippen molar-refractivity contribution in [2.45, 2.75) is 37.6 Å². The van der Waals surface area contributed by atoms with Gasteiger partial charge in [-0.3, -0.25) is 4.90 Å². The third-order valence-electron chi connectivity index (χ3n) is 4.03. The zero-order chi connectivity index (χ0) is 10.6. The van der Waals surface area contributed by atoms with Crippen molar-refractivity contribution in [1.82, 2.24) is 10.2 Å². The largest absolute Gasteiger partial charge is 0.383 e. The van der Waals surface area contributed by atoms with Crippen molar-refractivity contribution in [3.05, 3.63) is 0 Å². The molecule has 3 nitrogen and oxygen atoms in total. The molecule has 1 aliphatic heterocycles. The Balaban J connectivity index is 1.97. The third-order valence-corrected chi connectivity index (χ3v) is 4.03. The summed E-state index contributed by atoms with van der Waals surface area (Å²) in [6.07, 6.45) is 7.00. The van der Waals surface area contributed by atoms with Gasteiger partial charge >= 0.3 is 0 Å². The maximum absolute atomic E-state index is 5.22. The fourth-order valence-corrected chi connectivity index (χ4v) is 3.14. The molecule has 0 unspecified atom stereocenters. The van der Waals surface area contributed by atoms with Crippen molar-refractivity contribution in [2.24, 2.45) is 0 Å². The molecule has 0 atom stereocenters. The molecule has 0 aromatic rings. The lowest BCUT2D eigenvalue weighted by Gasteiger charge is -2.50. The number of piperazine rings is 1. The summed E-state index contributed by atoms with van der Waals surface area (Å²) in [4.78, 5) is 2.67. The Kier molecular flexibility index (Phi) is 4.00. The Hall–Kier alpha value is -0.120. The van der Waals surface area contributed by atoms with Gasteiger partial charge in [0, 0.05) is 38.8 Å². The molecular weight excluding hydrogens is 188 g/mol. The summed E-state index contributed by atoms with van der Waals surface area (Å²) in [6.45, 7) is 5.52. The van der Waals surface area contributed by atoms with E-state index in [0.29, 0.717) is 5.54 Å². The van der Waals surface area contributed by atoms with Gasteiger partial charge in [0.2, 0.25) is 0 Å². The molecular formula is C12H24N2O. The Morgan fingerprint density at radius 1 is 1.27 bits per heavy atom. The highest BCUT2D eigenvalue weighted by atomic mass is 16.5. The smallest absolute Gasteiger partial charge is 0.0589 e. The number of nitrogens with zero attached hydrogens (tertiary/aromatic N) is 1. The average Bonchev–Trinajstić information content (AvgIpc) is 2.29. The van der Waals surface area contributed by atoms with Crippen molar-refractivity contribution in [1.29, 1.82) is 0 Å². The molecule has 1 saturated carbocycles. The number of nitrogens with one attached hydrogen (secondary N) is 1. The zero-order valence-corrected chi connectivity index (χ0v) is 9.93. The highest BCUT2D eigenvalue weighted by molar-refractivity contribution is 4.97. The van der Waals surface area contributed by atoms with Gasteiger partial charge in [-0.2, -0.15) is 0 Å². The molecule has 1 N–H and O–H groups in total. The molecule has 0 aromatic carbocycles. The van der Waals surface area contributed by atoms with Gasteiger partial charge in [-0.05, 0) is 12.8 Å². The predicted octanol–water partition coefficient (Wildman–Crippen LogP) is 1.24.